The summed E-state index contributed by atoms with van der Waals surface area (Å²) in [5.74, 6) is 0.638. The molecular formula is C14H25N3OS. The number of thiazole rings is 1. The van der Waals surface area contributed by atoms with E-state index < -0.39 is 0 Å². The van der Waals surface area contributed by atoms with Crippen LogP contribution in [0.3, 0.4) is 0 Å². The Bertz CT molecular complexity index is 392. The molecule has 0 aromatic carbocycles. The Morgan fingerprint density at radius 1 is 1.53 bits per heavy atom. The number of piperidine rings is 1. The van der Waals surface area contributed by atoms with Crippen LogP contribution in [0.15, 0.2) is 0 Å². The van der Waals surface area contributed by atoms with Gasteiger partial charge in [-0.2, -0.15) is 0 Å². The summed E-state index contributed by atoms with van der Waals surface area (Å²) in [6, 6.07) is 0. The molecule has 1 aromatic heterocycles. The molecule has 5 heteroatoms. The summed E-state index contributed by atoms with van der Waals surface area (Å²) in [4.78, 5) is 8.48. The van der Waals surface area contributed by atoms with Gasteiger partial charge in [-0.15, -0.1) is 11.3 Å². The van der Waals surface area contributed by atoms with Gasteiger partial charge in [-0.3, -0.25) is 0 Å². The second-order valence-corrected chi connectivity index (χ2v) is 6.29. The lowest BCUT2D eigenvalue weighted by Crippen LogP contribution is -2.37. The van der Waals surface area contributed by atoms with Gasteiger partial charge in [0.15, 0.2) is 5.13 Å². The number of hydrogen-bond acceptors (Lipinski definition) is 5. The predicted octanol–water partition coefficient (Wildman–Crippen LogP) is 2.42. The molecule has 2 rings (SSSR count). The quantitative estimate of drug-likeness (QED) is 0.871. The van der Waals surface area contributed by atoms with Gasteiger partial charge >= 0.3 is 0 Å². The van der Waals surface area contributed by atoms with Crippen LogP contribution in [0.1, 0.15) is 36.8 Å². The average molecular weight is 283 g/mol. The molecule has 4 nitrogen and oxygen atoms in total. The lowest BCUT2D eigenvalue weighted by atomic mass is 9.99. The molecule has 0 bridgehead atoms. The van der Waals surface area contributed by atoms with Crippen molar-refractivity contribution < 1.29 is 4.74 Å². The van der Waals surface area contributed by atoms with E-state index in [9.17, 15) is 0 Å². The fraction of sp³-hybridized carbons (Fsp3) is 0.786. The zero-order chi connectivity index (χ0) is 13.7. The van der Waals surface area contributed by atoms with Crippen molar-refractivity contribution in [3.8, 4) is 0 Å². The highest BCUT2D eigenvalue weighted by Gasteiger charge is 2.23. The molecule has 1 aliphatic rings. The van der Waals surface area contributed by atoms with Crippen LogP contribution in [0, 0.1) is 5.92 Å². The van der Waals surface area contributed by atoms with E-state index in [1.54, 1.807) is 18.4 Å². The van der Waals surface area contributed by atoms with E-state index >= 15 is 0 Å². The molecule has 0 radical (unpaired) electrons. The van der Waals surface area contributed by atoms with E-state index in [4.69, 9.17) is 15.5 Å². The van der Waals surface area contributed by atoms with Gasteiger partial charge in [0.05, 0.1) is 12.3 Å². The van der Waals surface area contributed by atoms with Crippen LogP contribution >= 0.6 is 11.3 Å². The van der Waals surface area contributed by atoms with Crippen molar-refractivity contribution in [2.75, 3.05) is 31.7 Å². The van der Waals surface area contributed by atoms with Crippen molar-refractivity contribution in [3.05, 3.63) is 10.6 Å². The second kappa shape index (κ2) is 7.22. The van der Waals surface area contributed by atoms with Crippen molar-refractivity contribution >= 4 is 16.5 Å². The van der Waals surface area contributed by atoms with Crippen molar-refractivity contribution in [2.45, 2.75) is 39.2 Å². The molecule has 0 amide bonds. The van der Waals surface area contributed by atoms with E-state index in [0.717, 1.165) is 37.7 Å². The van der Waals surface area contributed by atoms with E-state index in [2.05, 4.69) is 11.8 Å². The lowest BCUT2D eigenvalue weighted by molar-refractivity contribution is 0.143. The van der Waals surface area contributed by atoms with Gasteiger partial charge in [-0.25, -0.2) is 4.98 Å². The van der Waals surface area contributed by atoms with Gasteiger partial charge in [0, 0.05) is 31.6 Å². The topological polar surface area (TPSA) is 51.4 Å². The minimum Gasteiger partial charge on any atom is -0.384 e. The molecule has 0 saturated carbocycles. The Kier molecular flexibility index (Phi) is 5.60. The lowest BCUT2D eigenvalue weighted by Gasteiger charge is -2.32. The Hall–Kier alpha value is -0.650. The highest BCUT2D eigenvalue weighted by Crippen LogP contribution is 2.30. The van der Waals surface area contributed by atoms with Crippen LogP contribution in [0.5, 0.6) is 0 Å². The van der Waals surface area contributed by atoms with Crippen LogP contribution in [-0.4, -0.2) is 31.8 Å². The normalized spacial score (nSPS) is 19.9. The first kappa shape index (κ1) is 14.8. The molecule has 2 heterocycles. The standard InChI is InChI=1S/C14H25N3OS/c1-3-5-12-13(8-15)19-14(16-12)17-7-4-6-11(9-17)10-18-2/h11H,3-10,15H2,1-2H3. The van der Waals surface area contributed by atoms with Gasteiger partial charge in [-0.1, -0.05) is 13.3 Å². The first-order valence-corrected chi connectivity index (χ1v) is 8.02. The molecule has 0 aliphatic carbocycles. The largest absolute Gasteiger partial charge is 0.384 e. The van der Waals surface area contributed by atoms with E-state index in [1.165, 1.54) is 23.4 Å². The first-order chi connectivity index (χ1) is 9.28. The number of aryl methyl sites for hydroxylation is 1. The molecule has 0 spiro atoms. The summed E-state index contributed by atoms with van der Waals surface area (Å²) in [6.45, 7) is 5.84. The van der Waals surface area contributed by atoms with Crippen molar-refractivity contribution in [1.29, 1.82) is 0 Å². The molecule has 1 fully saturated rings. The van der Waals surface area contributed by atoms with Crippen LogP contribution < -0.4 is 10.6 Å². The molecule has 1 unspecified atom stereocenters. The Morgan fingerprint density at radius 2 is 2.37 bits per heavy atom. The first-order valence-electron chi connectivity index (χ1n) is 7.21. The summed E-state index contributed by atoms with van der Waals surface area (Å²) in [5.41, 5.74) is 7.04. The van der Waals surface area contributed by atoms with E-state index in [-0.39, 0.29) is 0 Å². The number of hydrogen-bond donors (Lipinski definition) is 1. The maximum Gasteiger partial charge on any atom is 0.185 e. The number of nitrogens with zero attached hydrogens (tertiary/aromatic N) is 2. The number of ether oxygens (including phenoxy) is 1. The average Bonchev–Trinajstić information content (AvgIpc) is 2.83. The Balaban J connectivity index is 2.07. The molecule has 1 saturated heterocycles. The van der Waals surface area contributed by atoms with Gasteiger partial charge < -0.3 is 15.4 Å². The molecule has 2 N–H and O–H groups in total. The van der Waals surface area contributed by atoms with Crippen molar-refractivity contribution in [3.63, 3.8) is 0 Å². The summed E-state index contributed by atoms with van der Waals surface area (Å²) in [6.07, 6.45) is 4.66. The smallest absolute Gasteiger partial charge is 0.185 e. The van der Waals surface area contributed by atoms with Crippen molar-refractivity contribution in [1.82, 2.24) is 4.98 Å². The van der Waals surface area contributed by atoms with Gasteiger partial charge in [0.1, 0.15) is 0 Å². The highest BCUT2D eigenvalue weighted by molar-refractivity contribution is 7.15. The third kappa shape index (κ3) is 3.68. The summed E-state index contributed by atoms with van der Waals surface area (Å²) >= 11 is 1.78. The third-order valence-electron chi connectivity index (χ3n) is 3.63. The van der Waals surface area contributed by atoms with E-state index in [0.29, 0.717) is 12.5 Å². The fourth-order valence-corrected chi connectivity index (χ4v) is 3.73. The molecular weight excluding hydrogens is 258 g/mol. The van der Waals surface area contributed by atoms with Crippen molar-refractivity contribution in [2.24, 2.45) is 11.7 Å². The summed E-state index contributed by atoms with van der Waals surface area (Å²) in [5, 5.41) is 1.16. The van der Waals surface area contributed by atoms with Gasteiger partial charge in [-0.05, 0) is 25.2 Å². The summed E-state index contributed by atoms with van der Waals surface area (Å²) in [7, 11) is 1.79. The number of methoxy groups -OCH3 is 1. The van der Waals surface area contributed by atoms with Crippen LogP contribution in [0.4, 0.5) is 5.13 Å². The predicted molar refractivity (Wildman–Crippen MR) is 80.8 cm³/mol. The zero-order valence-corrected chi connectivity index (χ0v) is 12.8. The maximum atomic E-state index is 5.83. The Morgan fingerprint density at radius 3 is 3.05 bits per heavy atom. The number of rotatable bonds is 6. The number of anilines is 1. The molecule has 1 aliphatic heterocycles. The maximum absolute atomic E-state index is 5.83. The fourth-order valence-electron chi connectivity index (χ4n) is 2.71. The molecule has 19 heavy (non-hydrogen) atoms. The molecule has 108 valence electrons. The minimum absolute atomic E-state index is 0.613. The van der Waals surface area contributed by atoms with E-state index in [1.807, 2.05) is 0 Å². The highest BCUT2D eigenvalue weighted by atomic mass is 32.1. The van der Waals surface area contributed by atoms with Crippen LogP contribution in [0.2, 0.25) is 0 Å². The molecule has 1 atom stereocenters. The number of nitrogens with two attached hydrogens (primary N) is 1. The number of aromatic nitrogens is 1. The van der Waals surface area contributed by atoms with Gasteiger partial charge in [0.2, 0.25) is 0 Å². The zero-order valence-electron chi connectivity index (χ0n) is 12.0. The van der Waals surface area contributed by atoms with Gasteiger partial charge in [0.25, 0.3) is 0 Å². The second-order valence-electron chi connectivity index (χ2n) is 5.23. The minimum atomic E-state index is 0.613. The van der Waals surface area contributed by atoms with Crippen LogP contribution in [-0.2, 0) is 17.7 Å². The summed E-state index contributed by atoms with van der Waals surface area (Å²) < 4.78 is 5.29. The monoisotopic (exact) mass is 283 g/mol. The third-order valence-corrected chi connectivity index (χ3v) is 4.81. The van der Waals surface area contributed by atoms with Crippen LogP contribution in [0.25, 0.3) is 0 Å². The Labute approximate surface area is 120 Å². The molecule has 1 aromatic rings. The SMILES string of the molecule is CCCc1nc(N2CCCC(COC)C2)sc1CN.